The fourth-order valence-electron chi connectivity index (χ4n) is 0.830. The third kappa shape index (κ3) is 2.71. The molecule has 0 bridgehead atoms. The molecule has 0 aliphatic heterocycles. The maximum Gasteiger partial charge on any atom is 0.144 e. The molecule has 0 aromatic heterocycles. The summed E-state index contributed by atoms with van der Waals surface area (Å²) in [6, 6.07) is 6.48. The number of aliphatic imine (C=N–C) groups is 1. The van der Waals surface area contributed by atoms with Crippen LogP contribution in [0.25, 0.3) is 0 Å². The normalized spacial score (nSPS) is 13.0. The molecule has 3 heteroatoms. The van der Waals surface area contributed by atoms with Gasteiger partial charge in [-0.1, -0.05) is 12.1 Å². The lowest BCUT2D eigenvalue weighted by Crippen LogP contribution is -1.98. The van der Waals surface area contributed by atoms with Gasteiger partial charge >= 0.3 is 0 Å². The summed E-state index contributed by atoms with van der Waals surface area (Å²) in [5, 5.41) is 9.32. The highest BCUT2D eigenvalue weighted by Gasteiger charge is 1.96. The molecule has 0 aliphatic carbocycles. The van der Waals surface area contributed by atoms with Crippen LogP contribution in [0.1, 0.15) is 12.5 Å². The van der Waals surface area contributed by atoms with E-state index in [4.69, 9.17) is 0 Å². The summed E-state index contributed by atoms with van der Waals surface area (Å²) >= 11 is 0. The van der Waals surface area contributed by atoms with Crippen molar-refractivity contribution in [3.63, 3.8) is 0 Å². The Morgan fingerprint density at radius 3 is 2.77 bits per heavy atom. The van der Waals surface area contributed by atoms with E-state index in [0.29, 0.717) is 5.56 Å². The molecule has 1 aromatic rings. The van der Waals surface area contributed by atoms with E-state index in [1.807, 2.05) is 0 Å². The van der Waals surface area contributed by atoms with E-state index in [1.165, 1.54) is 6.21 Å². The van der Waals surface area contributed by atoms with Gasteiger partial charge in [0.2, 0.25) is 0 Å². The van der Waals surface area contributed by atoms with Gasteiger partial charge in [-0.05, 0) is 19.1 Å². The topological polar surface area (TPSA) is 49.7 Å². The molecule has 1 atom stereocenters. The Morgan fingerprint density at radius 1 is 1.46 bits per heavy atom. The molecule has 3 nitrogen and oxygen atoms in total. The second-order valence-electron chi connectivity index (χ2n) is 2.71. The van der Waals surface area contributed by atoms with Crippen molar-refractivity contribution in [3.05, 3.63) is 29.8 Å². The van der Waals surface area contributed by atoms with Crippen molar-refractivity contribution in [3.8, 4) is 5.75 Å². The lowest BCUT2D eigenvalue weighted by atomic mass is 10.2. The van der Waals surface area contributed by atoms with Crippen LogP contribution in [-0.4, -0.2) is 23.6 Å². The zero-order chi connectivity index (χ0) is 9.68. The molecule has 1 unspecified atom stereocenters. The average Bonchev–Trinajstić information content (AvgIpc) is 2.16. The van der Waals surface area contributed by atoms with Crippen LogP contribution in [-0.2, 0) is 4.79 Å². The highest BCUT2D eigenvalue weighted by molar-refractivity contribution is 5.84. The first-order chi connectivity index (χ1) is 6.24. The van der Waals surface area contributed by atoms with Gasteiger partial charge in [0.25, 0.3) is 0 Å². The molecular formula is C10H11NO2. The molecule has 13 heavy (non-hydrogen) atoms. The fourth-order valence-corrected chi connectivity index (χ4v) is 0.830. The molecule has 0 saturated carbocycles. The molecule has 68 valence electrons. The molecule has 1 rings (SSSR count). The van der Waals surface area contributed by atoms with E-state index in [1.54, 1.807) is 31.2 Å². The lowest BCUT2D eigenvalue weighted by Gasteiger charge is -1.97. The van der Waals surface area contributed by atoms with Crippen molar-refractivity contribution in [2.24, 2.45) is 4.99 Å². The van der Waals surface area contributed by atoms with Crippen LogP contribution in [0.2, 0.25) is 0 Å². The van der Waals surface area contributed by atoms with Gasteiger partial charge < -0.3 is 9.90 Å². The van der Waals surface area contributed by atoms with Crippen LogP contribution < -0.4 is 0 Å². The summed E-state index contributed by atoms with van der Waals surface area (Å²) < 4.78 is 0. The van der Waals surface area contributed by atoms with Gasteiger partial charge in [-0.3, -0.25) is 4.99 Å². The molecule has 0 heterocycles. The van der Waals surface area contributed by atoms with Gasteiger partial charge in [0, 0.05) is 11.8 Å². The Balaban J connectivity index is 2.79. The number of para-hydroxylation sites is 1. The van der Waals surface area contributed by atoms with E-state index in [2.05, 4.69) is 4.99 Å². The Hall–Kier alpha value is -1.64. The Bertz CT molecular complexity index is 320. The number of carbonyl (C=O) groups is 1. The van der Waals surface area contributed by atoms with Crippen LogP contribution in [0, 0.1) is 0 Å². The third-order valence-electron chi connectivity index (χ3n) is 1.58. The Labute approximate surface area is 76.7 Å². The van der Waals surface area contributed by atoms with Crippen molar-refractivity contribution < 1.29 is 9.90 Å². The fraction of sp³-hybridized carbons (Fsp3) is 0.200. The van der Waals surface area contributed by atoms with Crippen LogP contribution in [0.3, 0.4) is 0 Å². The zero-order valence-corrected chi connectivity index (χ0v) is 7.34. The molecule has 0 radical (unpaired) electrons. The monoisotopic (exact) mass is 177 g/mol. The molecular weight excluding hydrogens is 166 g/mol. The SMILES string of the molecule is CC(C=O)/N=C\c1ccccc1O. The summed E-state index contributed by atoms with van der Waals surface area (Å²) in [5.41, 5.74) is 0.621. The van der Waals surface area contributed by atoms with Crippen LogP contribution in [0.15, 0.2) is 29.3 Å². The predicted molar refractivity (Wildman–Crippen MR) is 51.2 cm³/mol. The third-order valence-corrected chi connectivity index (χ3v) is 1.58. The van der Waals surface area contributed by atoms with Gasteiger partial charge in [0.1, 0.15) is 18.1 Å². The van der Waals surface area contributed by atoms with Crippen molar-refractivity contribution in [1.82, 2.24) is 0 Å². The lowest BCUT2D eigenvalue weighted by molar-refractivity contribution is -0.108. The number of benzene rings is 1. The van der Waals surface area contributed by atoms with E-state index < -0.39 is 0 Å². The first-order valence-electron chi connectivity index (χ1n) is 4.00. The number of hydrogen-bond acceptors (Lipinski definition) is 3. The van der Waals surface area contributed by atoms with E-state index in [9.17, 15) is 9.90 Å². The number of phenols is 1. The number of aromatic hydroxyl groups is 1. The Kier molecular flexibility index (Phi) is 3.20. The molecule has 1 aromatic carbocycles. The zero-order valence-electron chi connectivity index (χ0n) is 7.34. The van der Waals surface area contributed by atoms with Crippen molar-refractivity contribution in [1.29, 1.82) is 0 Å². The van der Waals surface area contributed by atoms with Crippen LogP contribution in [0.5, 0.6) is 5.75 Å². The quantitative estimate of drug-likeness (QED) is 0.560. The summed E-state index contributed by atoms with van der Waals surface area (Å²) in [6.45, 7) is 1.68. The maximum absolute atomic E-state index is 10.2. The molecule has 0 amide bonds. The molecule has 0 saturated heterocycles. The largest absolute Gasteiger partial charge is 0.507 e. The Morgan fingerprint density at radius 2 is 2.15 bits per heavy atom. The summed E-state index contributed by atoms with van der Waals surface area (Å²) in [6.07, 6.45) is 2.24. The van der Waals surface area contributed by atoms with Crippen molar-refractivity contribution in [2.45, 2.75) is 13.0 Å². The van der Waals surface area contributed by atoms with Crippen LogP contribution in [0.4, 0.5) is 0 Å². The number of carbonyl (C=O) groups excluding carboxylic acids is 1. The number of aldehydes is 1. The first-order valence-corrected chi connectivity index (χ1v) is 4.00. The molecule has 1 N–H and O–H groups in total. The minimum absolute atomic E-state index is 0.171. The predicted octanol–water partition coefficient (Wildman–Crippen LogP) is 1.40. The van der Waals surface area contributed by atoms with Crippen molar-refractivity contribution >= 4 is 12.5 Å². The number of nitrogens with zero attached hydrogens (tertiary/aromatic N) is 1. The van der Waals surface area contributed by atoms with E-state index in [0.717, 1.165) is 6.29 Å². The number of phenolic OH excluding ortho intramolecular Hbond substituents is 1. The van der Waals surface area contributed by atoms with Gasteiger partial charge in [-0.15, -0.1) is 0 Å². The summed E-state index contributed by atoms with van der Waals surface area (Å²) in [5.74, 6) is 0.171. The number of rotatable bonds is 3. The minimum atomic E-state index is -0.361. The van der Waals surface area contributed by atoms with E-state index >= 15 is 0 Å². The van der Waals surface area contributed by atoms with Crippen LogP contribution >= 0.6 is 0 Å². The molecule has 0 fully saturated rings. The smallest absolute Gasteiger partial charge is 0.144 e. The highest BCUT2D eigenvalue weighted by atomic mass is 16.3. The summed E-state index contributed by atoms with van der Waals surface area (Å²) in [4.78, 5) is 14.2. The maximum atomic E-state index is 10.2. The molecule has 0 aliphatic rings. The second-order valence-corrected chi connectivity index (χ2v) is 2.71. The highest BCUT2D eigenvalue weighted by Crippen LogP contribution is 2.12. The minimum Gasteiger partial charge on any atom is -0.507 e. The second kappa shape index (κ2) is 4.40. The van der Waals surface area contributed by atoms with Gasteiger partial charge in [-0.25, -0.2) is 0 Å². The van der Waals surface area contributed by atoms with Gasteiger partial charge in [0.05, 0.1) is 0 Å². The van der Waals surface area contributed by atoms with E-state index in [-0.39, 0.29) is 11.8 Å². The average molecular weight is 177 g/mol. The standard InChI is InChI=1S/C10H11NO2/c1-8(7-12)11-6-9-4-2-3-5-10(9)13/h2-8,13H,1H3/b11-6-. The summed E-state index contributed by atoms with van der Waals surface area (Å²) in [7, 11) is 0. The molecule has 0 spiro atoms. The van der Waals surface area contributed by atoms with Crippen molar-refractivity contribution in [2.75, 3.05) is 0 Å². The van der Waals surface area contributed by atoms with Gasteiger partial charge in [0.15, 0.2) is 0 Å². The van der Waals surface area contributed by atoms with Gasteiger partial charge in [-0.2, -0.15) is 0 Å². The number of hydrogen-bond donors (Lipinski definition) is 1. The first kappa shape index (κ1) is 9.45.